The normalized spacial score (nSPS) is 25.8. The van der Waals surface area contributed by atoms with E-state index < -0.39 is 206 Å². The number of amides is 5. The van der Waals surface area contributed by atoms with Crippen LogP contribution < -0.4 is 21.3 Å². The minimum Gasteiger partial charge on any atom is -0.480 e. The highest BCUT2D eigenvalue weighted by molar-refractivity contribution is 7.99. The van der Waals surface area contributed by atoms with Gasteiger partial charge in [-0.2, -0.15) is 0 Å². The number of carboxylic acid groups (broad SMARTS) is 1. The minimum atomic E-state index is -2.00. The summed E-state index contributed by atoms with van der Waals surface area (Å²) in [5.74, 6) is -13.2. The van der Waals surface area contributed by atoms with Crippen LogP contribution >= 0.6 is 11.8 Å². The fraction of sp³-hybridized carbons (Fsp3) is 0.729. The number of thioether (sulfide) groups is 1. The van der Waals surface area contributed by atoms with Gasteiger partial charge >= 0.3 is 53.8 Å². The molecule has 0 unspecified atom stereocenters. The van der Waals surface area contributed by atoms with Crippen molar-refractivity contribution in [3.63, 3.8) is 0 Å². The second-order valence-electron chi connectivity index (χ2n) is 19.4. The third kappa shape index (κ3) is 21.5. The molecule has 456 valence electrons. The molecule has 3 fully saturated rings. The van der Waals surface area contributed by atoms with Crippen LogP contribution in [0.1, 0.15) is 89.0 Å². The first-order chi connectivity index (χ1) is 37.8. The zero-order valence-electron chi connectivity index (χ0n) is 46.3. The lowest BCUT2D eigenvalue weighted by atomic mass is 9.96. The number of likely N-dealkylation sites (tertiary alicyclic amines) is 1. The number of nitrogens with zero attached hydrogens (tertiary/aromatic N) is 1. The number of hydrogen-bond acceptors (Lipinski definition) is 27. The van der Waals surface area contributed by atoms with Gasteiger partial charge in [0.1, 0.15) is 72.8 Å². The fourth-order valence-corrected chi connectivity index (χ4v) is 9.47. The van der Waals surface area contributed by atoms with E-state index >= 15 is 0 Å². The molecule has 0 radical (unpaired) electrons. The van der Waals surface area contributed by atoms with Crippen LogP contribution in [0.25, 0.3) is 0 Å². The number of alkyl carbamates (subject to hydrolysis) is 1. The number of carbonyl (C=O) groups excluding carboxylic acids is 12. The molecule has 15 atom stereocenters. The summed E-state index contributed by atoms with van der Waals surface area (Å²) in [6.07, 6.45) is -16.9. The molecule has 0 saturated carbocycles. The second-order valence-corrected chi connectivity index (χ2v) is 20.6. The third-order valence-electron chi connectivity index (χ3n) is 11.5. The Morgan fingerprint density at radius 3 is 1.57 bits per heavy atom. The van der Waals surface area contributed by atoms with E-state index in [1.54, 1.807) is 20.8 Å². The number of hydrogen-bond donors (Lipinski definition) is 7. The maximum absolute atomic E-state index is 14.8. The van der Waals surface area contributed by atoms with Crippen molar-refractivity contribution in [2.75, 3.05) is 38.7 Å². The van der Waals surface area contributed by atoms with E-state index in [4.69, 9.17) is 52.1 Å². The van der Waals surface area contributed by atoms with Gasteiger partial charge in [0.15, 0.2) is 36.8 Å². The van der Waals surface area contributed by atoms with Crippen molar-refractivity contribution in [2.24, 2.45) is 0 Å². The van der Waals surface area contributed by atoms with Crippen molar-refractivity contribution in [3.8, 4) is 0 Å². The Labute approximate surface area is 468 Å². The number of aliphatic hydroxyl groups excluding tert-OH is 2. The van der Waals surface area contributed by atoms with Crippen LogP contribution in [0.2, 0.25) is 0 Å². The molecule has 3 aliphatic heterocycles. The van der Waals surface area contributed by atoms with Gasteiger partial charge in [-0.25, -0.2) is 9.59 Å². The van der Waals surface area contributed by atoms with Crippen LogP contribution in [0.5, 0.6) is 0 Å². The molecule has 0 aromatic carbocycles. The van der Waals surface area contributed by atoms with E-state index in [-0.39, 0.29) is 19.4 Å². The van der Waals surface area contributed by atoms with Crippen molar-refractivity contribution >= 4 is 89.2 Å². The molecule has 81 heavy (non-hydrogen) atoms. The molecule has 0 aromatic heterocycles. The lowest BCUT2D eigenvalue weighted by molar-refractivity contribution is -0.341. The molecule has 5 amide bonds. The largest absolute Gasteiger partial charge is 0.480 e. The van der Waals surface area contributed by atoms with Crippen molar-refractivity contribution in [2.45, 2.75) is 185 Å². The van der Waals surface area contributed by atoms with Gasteiger partial charge in [-0.1, -0.05) is 0 Å². The number of rotatable bonds is 25. The smallest absolute Gasteiger partial charge is 0.408 e. The van der Waals surface area contributed by atoms with E-state index in [1.165, 1.54) is 6.92 Å². The SMILES string of the molecule is CC(=O)OC[C@H]1O[C@@H](O[C@H]2[C@H](OC(C)=O)[C@@H](OC(C)=O)[C@H](SC[C@H](NC(=O)[C@H](C)NC(=O)OC(C)(C)C)C(=O)N3CCC[C@H]3C(=O)N[C@@H](CO)C(=O)N[C@@H](CO)C(=O)O)O[C@@H]2COC(C)=O)[C@H](OC(C)=O)[C@@H](OC(C)=O)[C@H]1OC(C)=O. The highest BCUT2D eigenvalue weighted by atomic mass is 32.2. The number of aliphatic carboxylic acids is 1. The molecule has 0 aromatic rings. The summed E-state index contributed by atoms with van der Waals surface area (Å²) in [5.41, 5.74) is -2.62. The first-order valence-electron chi connectivity index (χ1n) is 25.1. The van der Waals surface area contributed by atoms with E-state index in [2.05, 4.69) is 16.0 Å². The van der Waals surface area contributed by atoms with E-state index in [9.17, 15) is 77.6 Å². The van der Waals surface area contributed by atoms with Crippen LogP contribution in [0.3, 0.4) is 0 Å². The molecule has 0 aliphatic carbocycles. The predicted octanol–water partition coefficient (Wildman–Crippen LogP) is -3.23. The van der Waals surface area contributed by atoms with Gasteiger partial charge in [-0.05, 0) is 40.5 Å². The minimum absolute atomic E-state index is 0.0424. The maximum atomic E-state index is 14.8. The van der Waals surface area contributed by atoms with Crippen LogP contribution in [0.4, 0.5) is 4.79 Å². The third-order valence-corrected chi connectivity index (χ3v) is 12.7. The monoisotopic (exact) mass is 1180 g/mol. The summed E-state index contributed by atoms with van der Waals surface area (Å²) in [6, 6.07) is -8.11. The average molecular weight is 1180 g/mol. The Morgan fingerprint density at radius 2 is 1.07 bits per heavy atom. The van der Waals surface area contributed by atoms with Gasteiger partial charge in [-0.15, -0.1) is 11.8 Å². The van der Waals surface area contributed by atoms with Gasteiger partial charge in [0, 0.05) is 60.8 Å². The van der Waals surface area contributed by atoms with Gasteiger partial charge < -0.3 is 93.6 Å². The van der Waals surface area contributed by atoms with Crippen molar-refractivity contribution < 1.29 is 130 Å². The van der Waals surface area contributed by atoms with Crippen LogP contribution in [-0.4, -0.2) is 233 Å². The van der Waals surface area contributed by atoms with Crippen molar-refractivity contribution in [1.82, 2.24) is 26.2 Å². The summed E-state index contributed by atoms with van der Waals surface area (Å²) in [4.78, 5) is 169. The summed E-state index contributed by atoms with van der Waals surface area (Å²) in [7, 11) is 0. The van der Waals surface area contributed by atoms with Crippen molar-refractivity contribution in [3.05, 3.63) is 0 Å². The lowest BCUT2D eigenvalue weighted by Crippen LogP contribution is -2.67. The highest BCUT2D eigenvalue weighted by Gasteiger charge is 2.58. The molecule has 3 saturated heterocycles. The van der Waals surface area contributed by atoms with Crippen molar-refractivity contribution in [1.29, 1.82) is 0 Å². The molecule has 0 bridgehead atoms. The molecule has 3 heterocycles. The summed E-state index contributed by atoms with van der Waals surface area (Å²) < 4.78 is 62.7. The first kappa shape index (κ1) is 68.3. The topological polar surface area (TPSA) is 435 Å². The van der Waals surface area contributed by atoms with E-state index in [0.717, 1.165) is 53.4 Å². The zero-order valence-corrected chi connectivity index (χ0v) is 47.1. The van der Waals surface area contributed by atoms with Gasteiger partial charge in [0.05, 0.1) is 13.2 Å². The number of esters is 7. The molecule has 0 spiro atoms. The molecule has 33 heteroatoms. The fourth-order valence-electron chi connectivity index (χ4n) is 8.24. The van der Waals surface area contributed by atoms with Gasteiger partial charge in [0.25, 0.3) is 0 Å². The second kappa shape index (κ2) is 31.3. The predicted molar refractivity (Wildman–Crippen MR) is 267 cm³/mol. The Bertz CT molecular complexity index is 2320. The quantitative estimate of drug-likeness (QED) is 0.0349. The number of carboxylic acids is 1. The Balaban J connectivity index is 2.18. The van der Waals surface area contributed by atoms with Gasteiger partial charge in [-0.3, -0.25) is 52.7 Å². The number of carbonyl (C=O) groups is 13. The Morgan fingerprint density at radius 1 is 0.593 bits per heavy atom. The number of ether oxygens (including phenoxy) is 11. The maximum Gasteiger partial charge on any atom is 0.408 e. The van der Waals surface area contributed by atoms with E-state index in [1.807, 2.05) is 5.32 Å². The molecule has 3 aliphatic rings. The van der Waals surface area contributed by atoms with Crippen LogP contribution in [0, 0.1) is 0 Å². The number of aliphatic hydroxyl groups is 2. The lowest BCUT2D eigenvalue weighted by Gasteiger charge is -2.48. The summed E-state index contributed by atoms with van der Waals surface area (Å²) >= 11 is 0.634. The van der Waals surface area contributed by atoms with E-state index in [0.29, 0.717) is 11.8 Å². The number of nitrogens with one attached hydrogen (secondary N) is 4. The van der Waals surface area contributed by atoms with Crippen LogP contribution in [-0.2, 0) is 110 Å². The highest BCUT2D eigenvalue weighted by Crippen LogP contribution is 2.38. The zero-order chi connectivity index (χ0) is 61.2. The van der Waals surface area contributed by atoms with Gasteiger partial charge in [0.2, 0.25) is 23.6 Å². The average Bonchev–Trinajstić information content (AvgIpc) is 4.02. The summed E-state index contributed by atoms with van der Waals surface area (Å²) in [6.45, 7) is 9.10. The molecular formula is C48H71N5O27S. The Kier molecular flexibility index (Phi) is 26.4. The molecule has 32 nitrogen and oxygen atoms in total. The standard InChI is InChI=1S/C48H71N5O27S/c1-20(49-47(69)80-48(9,10)11)40(63)52-30(43(66)53-14-12-13-31(53)42(65)50-28(15-54)41(64)51-29(16-55)44(67)68)19-81-46-39(76-27(8)62)37(74-25(6)60)35(33(78-46)18-71-22(3)57)79-45-38(75-26(7)61)36(73-24(5)59)34(72-23(4)58)32(77-45)17-70-21(2)56/h20,28-39,45-46,54-55H,12-19H2,1-11H3,(H,49,69)(H,50,65)(H,51,64)(H,52,63)(H,67,68)/t20-,28-,29-,30-,31-,32+,33+,34-,35+,36-,37-,38+,39+,45-,46-/m0/s1. The molecule has 7 N–H and O–H groups in total. The van der Waals surface area contributed by atoms with Crippen LogP contribution in [0.15, 0.2) is 0 Å². The summed E-state index contributed by atoms with van der Waals surface area (Å²) in [5, 5.41) is 37.8. The Hall–Kier alpha value is -6.94. The molecule has 3 rings (SSSR count). The first-order valence-corrected chi connectivity index (χ1v) is 26.2. The molecular weight excluding hydrogens is 1110 g/mol.